The predicted octanol–water partition coefficient (Wildman–Crippen LogP) is 5.90. The summed E-state index contributed by atoms with van der Waals surface area (Å²) >= 11 is 7.49. The van der Waals surface area contributed by atoms with E-state index < -0.39 is 17.7 Å². The molecule has 4 aromatic rings. The number of benzene rings is 3. The molecular weight excluding hydrogens is 500 g/mol. The molecule has 0 aliphatic carbocycles. The Kier molecular flexibility index (Phi) is 6.15. The SMILES string of the molecule is COc1ccc(C2/C(=C(\O)c3cc(Cl)ccc3OC)C(=O)C(=O)N2c2nc3ccc(C)cc3s2)cc1. The molecule has 182 valence electrons. The Balaban J connectivity index is 1.75. The number of hydrogen-bond acceptors (Lipinski definition) is 7. The number of thiazole rings is 1. The summed E-state index contributed by atoms with van der Waals surface area (Å²) in [6.07, 6.45) is 0. The first-order valence-electron chi connectivity index (χ1n) is 11.0. The third-order valence-corrected chi connectivity index (χ3v) is 7.28. The lowest BCUT2D eigenvalue weighted by molar-refractivity contribution is -0.132. The highest BCUT2D eigenvalue weighted by Gasteiger charge is 2.48. The Labute approximate surface area is 216 Å². The number of hydrogen-bond donors (Lipinski definition) is 1. The van der Waals surface area contributed by atoms with Gasteiger partial charge >= 0.3 is 5.91 Å². The molecule has 2 heterocycles. The highest BCUT2D eigenvalue weighted by Crippen LogP contribution is 2.45. The number of amides is 1. The van der Waals surface area contributed by atoms with Gasteiger partial charge in [-0.15, -0.1) is 0 Å². The summed E-state index contributed by atoms with van der Waals surface area (Å²) in [6.45, 7) is 1.97. The fourth-order valence-electron chi connectivity index (χ4n) is 4.26. The van der Waals surface area contributed by atoms with Gasteiger partial charge in [0.15, 0.2) is 5.13 Å². The van der Waals surface area contributed by atoms with Gasteiger partial charge in [0, 0.05) is 5.02 Å². The number of rotatable bonds is 5. The van der Waals surface area contributed by atoms with Crippen LogP contribution in [0.1, 0.15) is 22.7 Å². The van der Waals surface area contributed by atoms with Gasteiger partial charge in [-0.05, 0) is 60.5 Å². The Bertz CT molecular complexity index is 1540. The number of aliphatic hydroxyl groups excluding tert-OH is 1. The van der Waals surface area contributed by atoms with Crippen LogP contribution in [-0.2, 0) is 9.59 Å². The van der Waals surface area contributed by atoms with E-state index in [1.165, 1.54) is 29.4 Å². The smallest absolute Gasteiger partial charge is 0.301 e. The second kappa shape index (κ2) is 9.29. The fraction of sp³-hybridized carbons (Fsp3) is 0.148. The van der Waals surface area contributed by atoms with E-state index in [0.717, 1.165) is 10.3 Å². The van der Waals surface area contributed by atoms with Crippen LogP contribution in [0.25, 0.3) is 16.0 Å². The summed E-state index contributed by atoms with van der Waals surface area (Å²) in [5.41, 5.74) is 2.50. The van der Waals surface area contributed by atoms with Crippen molar-refractivity contribution in [2.45, 2.75) is 13.0 Å². The number of ether oxygens (including phenoxy) is 2. The van der Waals surface area contributed by atoms with Crippen LogP contribution in [0.5, 0.6) is 11.5 Å². The molecule has 1 atom stereocenters. The topological polar surface area (TPSA) is 89.0 Å². The molecular formula is C27H21ClN2O5S. The molecule has 1 aliphatic rings. The quantitative estimate of drug-likeness (QED) is 0.200. The average molecular weight is 521 g/mol. The maximum atomic E-state index is 13.4. The van der Waals surface area contributed by atoms with Gasteiger partial charge in [0.1, 0.15) is 17.3 Å². The molecule has 9 heteroatoms. The highest BCUT2D eigenvalue weighted by molar-refractivity contribution is 7.22. The zero-order chi connectivity index (χ0) is 25.6. The second-order valence-corrected chi connectivity index (χ2v) is 9.70. The number of anilines is 1. The molecule has 1 unspecified atom stereocenters. The number of carbonyl (C=O) groups excluding carboxylic acids is 2. The molecule has 36 heavy (non-hydrogen) atoms. The van der Waals surface area contributed by atoms with Gasteiger partial charge < -0.3 is 14.6 Å². The number of aliphatic hydroxyl groups is 1. The number of aromatic nitrogens is 1. The molecule has 0 spiro atoms. The predicted molar refractivity (Wildman–Crippen MR) is 140 cm³/mol. The van der Waals surface area contributed by atoms with Crippen LogP contribution in [0, 0.1) is 6.92 Å². The van der Waals surface area contributed by atoms with Gasteiger partial charge in [0.2, 0.25) is 0 Å². The Morgan fingerprint density at radius 1 is 1.03 bits per heavy atom. The average Bonchev–Trinajstić information content (AvgIpc) is 3.41. The number of nitrogens with zero attached hydrogens (tertiary/aromatic N) is 2. The van der Waals surface area contributed by atoms with Crippen LogP contribution in [0.3, 0.4) is 0 Å². The lowest BCUT2D eigenvalue weighted by atomic mass is 9.95. The molecule has 1 aliphatic heterocycles. The van der Waals surface area contributed by atoms with Crippen molar-refractivity contribution < 1.29 is 24.2 Å². The molecule has 0 saturated carbocycles. The van der Waals surface area contributed by atoms with Crippen LogP contribution < -0.4 is 14.4 Å². The van der Waals surface area contributed by atoms with E-state index in [1.54, 1.807) is 43.5 Å². The van der Waals surface area contributed by atoms with E-state index >= 15 is 0 Å². The van der Waals surface area contributed by atoms with Gasteiger partial charge in [0.05, 0.1) is 41.6 Å². The van der Waals surface area contributed by atoms with E-state index in [4.69, 9.17) is 21.1 Å². The maximum Gasteiger partial charge on any atom is 0.301 e. The standard InChI is InChI=1S/C27H21ClN2O5S/c1-14-4-10-19-21(12-14)36-27(29-19)30-23(15-5-8-17(34-2)9-6-15)22(25(32)26(30)33)24(31)18-13-16(28)7-11-20(18)35-3/h4-13,23,31H,1-3H3/b24-22+. The molecule has 7 nitrogen and oxygen atoms in total. The number of fused-ring (bicyclic) bond motifs is 1. The van der Waals surface area contributed by atoms with Crippen LogP contribution in [0.15, 0.2) is 66.2 Å². The van der Waals surface area contributed by atoms with Gasteiger partial charge in [-0.1, -0.05) is 41.1 Å². The number of methoxy groups -OCH3 is 2. The fourth-order valence-corrected chi connectivity index (χ4v) is 5.53. The Morgan fingerprint density at radius 3 is 2.47 bits per heavy atom. The van der Waals surface area contributed by atoms with E-state index in [0.29, 0.717) is 32.7 Å². The minimum absolute atomic E-state index is 0.0822. The van der Waals surface area contributed by atoms with Crippen LogP contribution >= 0.6 is 22.9 Å². The summed E-state index contributed by atoms with van der Waals surface area (Å²) in [5, 5.41) is 12.1. The Morgan fingerprint density at radius 2 is 1.78 bits per heavy atom. The van der Waals surface area contributed by atoms with E-state index in [-0.39, 0.29) is 16.9 Å². The van der Waals surface area contributed by atoms with Crippen molar-refractivity contribution in [3.8, 4) is 11.5 Å². The van der Waals surface area contributed by atoms with E-state index in [1.807, 2.05) is 25.1 Å². The summed E-state index contributed by atoms with van der Waals surface area (Å²) in [6, 6.07) is 16.5. The van der Waals surface area contributed by atoms with E-state index in [2.05, 4.69) is 4.98 Å². The molecule has 1 amide bonds. The van der Waals surface area contributed by atoms with Crippen molar-refractivity contribution in [1.82, 2.24) is 4.98 Å². The first kappa shape index (κ1) is 23.8. The van der Waals surface area contributed by atoms with Crippen molar-refractivity contribution in [2.24, 2.45) is 0 Å². The molecule has 0 radical (unpaired) electrons. The second-order valence-electron chi connectivity index (χ2n) is 8.25. The number of ketones is 1. The van der Waals surface area contributed by atoms with Crippen molar-refractivity contribution in [2.75, 3.05) is 19.1 Å². The molecule has 1 N–H and O–H groups in total. The van der Waals surface area contributed by atoms with Crippen molar-refractivity contribution in [3.63, 3.8) is 0 Å². The lowest BCUT2D eigenvalue weighted by Crippen LogP contribution is -2.29. The van der Waals surface area contributed by atoms with Crippen molar-refractivity contribution in [1.29, 1.82) is 0 Å². The highest BCUT2D eigenvalue weighted by atomic mass is 35.5. The summed E-state index contributed by atoms with van der Waals surface area (Å²) < 4.78 is 11.5. The zero-order valence-corrected chi connectivity index (χ0v) is 21.2. The molecule has 0 bridgehead atoms. The minimum Gasteiger partial charge on any atom is -0.507 e. The third-order valence-electron chi connectivity index (χ3n) is 6.03. The maximum absolute atomic E-state index is 13.4. The van der Waals surface area contributed by atoms with Crippen LogP contribution in [0.4, 0.5) is 5.13 Å². The number of aryl methyl sites for hydroxylation is 1. The van der Waals surface area contributed by atoms with Crippen molar-refractivity contribution in [3.05, 3.63) is 87.9 Å². The summed E-state index contributed by atoms with van der Waals surface area (Å²) in [7, 11) is 3.00. The monoisotopic (exact) mass is 520 g/mol. The van der Waals surface area contributed by atoms with Gasteiger partial charge in [-0.2, -0.15) is 0 Å². The lowest BCUT2D eigenvalue weighted by Gasteiger charge is -2.23. The number of halogens is 1. The first-order valence-corrected chi connectivity index (χ1v) is 12.2. The van der Waals surface area contributed by atoms with Crippen LogP contribution in [-0.4, -0.2) is 36.0 Å². The Hall–Kier alpha value is -3.88. The molecule has 1 aromatic heterocycles. The van der Waals surface area contributed by atoms with Crippen LogP contribution in [0.2, 0.25) is 5.02 Å². The molecule has 1 fully saturated rings. The molecule has 5 rings (SSSR count). The van der Waals surface area contributed by atoms with Crippen molar-refractivity contribution >= 4 is 55.7 Å². The molecule has 1 saturated heterocycles. The minimum atomic E-state index is -0.929. The zero-order valence-electron chi connectivity index (χ0n) is 19.6. The number of carbonyl (C=O) groups is 2. The summed E-state index contributed by atoms with van der Waals surface area (Å²) in [5.74, 6) is -1.07. The van der Waals surface area contributed by atoms with E-state index in [9.17, 15) is 14.7 Å². The largest absolute Gasteiger partial charge is 0.507 e. The molecule has 3 aromatic carbocycles. The first-order chi connectivity index (χ1) is 17.3. The van der Waals surface area contributed by atoms with Gasteiger partial charge in [-0.3, -0.25) is 14.5 Å². The van der Waals surface area contributed by atoms with Gasteiger partial charge in [-0.25, -0.2) is 4.98 Å². The third kappa shape index (κ3) is 3.98. The number of Topliss-reactive ketones (excluding diaryl/α,β-unsaturated/α-hetero) is 1. The van der Waals surface area contributed by atoms with Gasteiger partial charge in [0.25, 0.3) is 5.78 Å². The summed E-state index contributed by atoms with van der Waals surface area (Å²) in [4.78, 5) is 32.9. The normalized spacial score (nSPS) is 17.1.